The van der Waals surface area contributed by atoms with E-state index in [1.54, 1.807) is 7.11 Å². The van der Waals surface area contributed by atoms with Crippen molar-refractivity contribution in [3.05, 3.63) is 12.2 Å². The van der Waals surface area contributed by atoms with Crippen LogP contribution < -0.4 is 0 Å². The maximum Gasteiger partial charge on any atom is 0.0682 e. The molecule has 1 saturated heterocycles. The largest absolute Gasteiger partial charge is 0.382 e. The summed E-state index contributed by atoms with van der Waals surface area (Å²) >= 11 is 0. The van der Waals surface area contributed by atoms with E-state index in [0.29, 0.717) is 0 Å². The zero-order valence-corrected chi connectivity index (χ0v) is 7.05. The maximum atomic E-state index is 5.24. The van der Waals surface area contributed by atoms with Gasteiger partial charge in [-0.2, -0.15) is 0 Å². The summed E-state index contributed by atoms with van der Waals surface area (Å²) in [6.45, 7) is 3.24. The molecular weight excluding hydrogens is 138 g/mol. The molecule has 1 unspecified atom stereocenters. The van der Waals surface area contributed by atoms with Crippen molar-refractivity contribution < 1.29 is 4.74 Å². The molecule has 0 saturated carbocycles. The molecule has 2 heterocycles. The van der Waals surface area contributed by atoms with E-state index in [1.807, 2.05) is 0 Å². The summed E-state index contributed by atoms with van der Waals surface area (Å²) in [5, 5.41) is 0. The third kappa shape index (κ3) is 1.01. The van der Waals surface area contributed by atoms with Gasteiger partial charge in [0.1, 0.15) is 0 Å². The first-order chi connectivity index (χ1) is 5.37. The molecule has 11 heavy (non-hydrogen) atoms. The molecule has 2 nitrogen and oxygen atoms in total. The Morgan fingerprint density at radius 3 is 3.36 bits per heavy atom. The molecule has 2 heteroatoms. The number of rotatable bonds is 2. The van der Waals surface area contributed by atoms with Crippen LogP contribution in [0.5, 0.6) is 0 Å². The second-order valence-corrected chi connectivity index (χ2v) is 3.49. The van der Waals surface area contributed by atoms with Crippen molar-refractivity contribution in [2.45, 2.75) is 18.4 Å². The minimum atomic E-state index is 0.286. The van der Waals surface area contributed by atoms with E-state index < -0.39 is 0 Å². The Labute approximate surface area is 67.8 Å². The first-order valence-corrected chi connectivity index (χ1v) is 4.29. The minimum Gasteiger partial charge on any atom is -0.382 e. The lowest BCUT2D eigenvalue weighted by Gasteiger charge is -2.30. The molecule has 0 N–H and O–H groups in total. The fraction of sp³-hybridized carbons (Fsp3) is 0.778. The predicted molar refractivity (Wildman–Crippen MR) is 44.6 cm³/mol. The molecular formula is C9H15NO. The Bertz CT molecular complexity index is 178. The molecule has 0 aromatic heterocycles. The van der Waals surface area contributed by atoms with Crippen LogP contribution in [0.2, 0.25) is 0 Å². The normalized spacial score (nSPS) is 36.5. The van der Waals surface area contributed by atoms with Gasteiger partial charge in [-0.3, -0.25) is 4.90 Å². The number of methoxy groups -OCH3 is 1. The maximum absolute atomic E-state index is 5.24. The van der Waals surface area contributed by atoms with Crippen molar-refractivity contribution in [2.24, 2.45) is 0 Å². The summed E-state index contributed by atoms with van der Waals surface area (Å²) in [5.74, 6) is 0. The highest BCUT2D eigenvalue weighted by molar-refractivity contribution is 5.17. The fourth-order valence-electron chi connectivity index (χ4n) is 2.28. The van der Waals surface area contributed by atoms with Crippen molar-refractivity contribution in [3.8, 4) is 0 Å². The third-order valence-corrected chi connectivity index (χ3v) is 2.82. The van der Waals surface area contributed by atoms with Gasteiger partial charge in [0.05, 0.1) is 12.1 Å². The van der Waals surface area contributed by atoms with Gasteiger partial charge in [0, 0.05) is 13.7 Å². The lowest BCUT2D eigenvalue weighted by atomic mass is 9.99. The Kier molecular flexibility index (Phi) is 1.74. The zero-order valence-electron chi connectivity index (χ0n) is 7.05. The second-order valence-electron chi connectivity index (χ2n) is 3.49. The number of ether oxygens (including phenoxy) is 1. The molecule has 0 amide bonds. The van der Waals surface area contributed by atoms with Crippen LogP contribution >= 0.6 is 0 Å². The predicted octanol–water partition coefficient (Wildman–Crippen LogP) is 1.04. The molecule has 2 aliphatic heterocycles. The van der Waals surface area contributed by atoms with Crippen molar-refractivity contribution in [1.82, 2.24) is 4.90 Å². The molecule has 0 aliphatic carbocycles. The molecule has 1 atom stereocenters. The Hall–Kier alpha value is -0.340. The fourth-order valence-corrected chi connectivity index (χ4v) is 2.28. The number of nitrogens with zero attached hydrogens (tertiary/aromatic N) is 1. The van der Waals surface area contributed by atoms with Gasteiger partial charge >= 0.3 is 0 Å². The topological polar surface area (TPSA) is 12.5 Å². The van der Waals surface area contributed by atoms with Gasteiger partial charge < -0.3 is 4.74 Å². The summed E-state index contributed by atoms with van der Waals surface area (Å²) in [7, 11) is 1.79. The van der Waals surface area contributed by atoms with Crippen molar-refractivity contribution in [1.29, 1.82) is 0 Å². The summed E-state index contributed by atoms with van der Waals surface area (Å²) in [4.78, 5) is 2.51. The van der Waals surface area contributed by atoms with Crippen molar-refractivity contribution in [2.75, 3.05) is 26.8 Å². The number of hydrogen-bond acceptors (Lipinski definition) is 2. The Morgan fingerprint density at radius 2 is 2.55 bits per heavy atom. The molecule has 0 bridgehead atoms. The SMILES string of the molecule is COCC12C=CCN1CCC2. The van der Waals surface area contributed by atoms with Gasteiger partial charge in [0.2, 0.25) is 0 Å². The van der Waals surface area contributed by atoms with Gasteiger partial charge in [-0.15, -0.1) is 0 Å². The standard InChI is InChI=1S/C9H15NO/c1-11-8-9-4-2-6-10(9)7-3-5-9/h2,4H,3,5-8H2,1H3. The highest BCUT2D eigenvalue weighted by Gasteiger charge is 2.40. The van der Waals surface area contributed by atoms with Gasteiger partial charge in [0.25, 0.3) is 0 Å². The third-order valence-electron chi connectivity index (χ3n) is 2.82. The van der Waals surface area contributed by atoms with Crippen LogP contribution in [-0.4, -0.2) is 37.2 Å². The van der Waals surface area contributed by atoms with Gasteiger partial charge in [-0.05, 0) is 19.4 Å². The van der Waals surface area contributed by atoms with Gasteiger partial charge in [-0.25, -0.2) is 0 Å². The van der Waals surface area contributed by atoms with Crippen LogP contribution in [-0.2, 0) is 4.74 Å². The summed E-state index contributed by atoms with van der Waals surface area (Å²) in [5.41, 5.74) is 0.286. The number of hydrogen-bond donors (Lipinski definition) is 0. The molecule has 0 aromatic rings. The lowest BCUT2D eigenvalue weighted by molar-refractivity contribution is 0.0856. The van der Waals surface area contributed by atoms with E-state index in [2.05, 4.69) is 17.1 Å². The highest BCUT2D eigenvalue weighted by atomic mass is 16.5. The monoisotopic (exact) mass is 153 g/mol. The van der Waals surface area contributed by atoms with Crippen LogP contribution in [0.3, 0.4) is 0 Å². The molecule has 0 spiro atoms. The summed E-state index contributed by atoms with van der Waals surface area (Å²) in [6, 6.07) is 0. The van der Waals surface area contributed by atoms with E-state index in [4.69, 9.17) is 4.74 Å². The van der Waals surface area contributed by atoms with E-state index in [9.17, 15) is 0 Å². The smallest absolute Gasteiger partial charge is 0.0682 e. The first-order valence-electron chi connectivity index (χ1n) is 4.29. The van der Waals surface area contributed by atoms with Gasteiger partial charge in [0.15, 0.2) is 0 Å². The minimum absolute atomic E-state index is 0.286. The van der Waals surface area contributed by atoms with Gasteiger partial charge in [-0.1, -0.05) is 12.2 Å². The average molecular weight is 153 g/mol. The molecule has 2 rings (SSSR count). The summed E-state index contributed by atoms with van der Waals surface area (Å²) in [6.07, 6.45) is 7.19. The van der Waals surface area contributed by atoms with E-state index in [0.717, 1.165) is 13.2 Å². The molecule has 2 aliphatic rings. The molecule has 0 aromatic carbocycles. The van der Waals surface area contributed by atoms with Crippen molar-refractivity contribution in [3.63, 3.8) is 0 Å². The van der Waals surface area contributed by atoms with Crippen LogP contribution in [0.4, 0.5) is 0 Å². The van der Waals surface area contributed by atoms with Crippen LogP contribution in [0.25, 0.3) is 0 Å². The highest BCUT2D eigenvalue weighted by Crippen LogP contribution is 2.34. The van der Waals surface area contributed by atoms with Crippen LogP contribution in [0.15, 0.2) is 12.2 Å². The molecule has 62 valence electrons. The Morgan fingerprint density at radius 1 is 1.64 bits per heavy atom. The van der Waals surface area contributed by atoms with Crippen LogP contribution in [0, 0.1) is 0 Å². The molecule has 0 radical (unpaired) electrons. The zero-order chi connectivity index (χ0) is 7.73. The van der Waals surface area contributed by atoms with Crippen LogP contribution in [0.1, 0.15) is 12.8 Å². The van der Waals surface area contributed by atoms with Crippen molar-refractivity contribution >= 4 is 0 Å². The van der Waals surface area contributed by atoms with E-state index >= 15 is 0 Å². The van der Waals surface area contributed by atoms with E-state index in [1.165, 1.54) is 19.4 Å². The second kappa shape index (κ2) is 2.61. The number of fused-ring (bicyclic) bond motifs is 1. The molecule has 1 fully saturated rings. The Balaban J connectivity index is 2.13. The average Bonchev–Trinajstić information content (AvgIpc) is 2.45. The summed E-state index contributed by atoms with van der Waals surface area (Å²) < 4.78 is 5.24. The van der Waals surface area contributed by atoms with E-state index in [-0.39, 0.29) is 5.54 Å². The quantitative estimate of drug-likeness (QED) is 0.549. The first kappa shape index (κ1) is 7.32. The lowest BCUT2D eigenvalue weighted by Crippen LogP contribution is -2.42.